The smallest absolute Gasteiger partial charge is 0.294 e. The lowest BCUT2D eigenvalue weighted by Gasteiger charge is -1.89. The summed E-state index contributed by atoms with van der Waals surface area (Å²) in [6.45, 7) is 0. The van der Waals surface area contributed by atoms with E-state index in [-0.39, 0.29) is 5.95 Å². The number of anilines is 1. The van der Waals surface area contributed by atoms with Gasteiger partial charge < -0.3 is 10.8 Å². The van der Waals surface area contributed by atoms with Crippen LogP contribution in [0.3, 0.4) is 0 Å². The molecule has 0 aliphatic heterocycles. The number of aromatic amines is 1. The number of nitrogen functional groups attached to an aromatic ring is 1. The van der Waals surface area contributed by atoms with Crippen molar-refractivity contribution in [1.82, 2.24) is 9.97 Å². The van der Waals surface area contributed by atoms with Crippen molar-refractivity contribution in [3.8, 4) is 5.75 Å². The molecular formula is C4H5N3O2. The van der Waals surface area contributed by atoms with Crippen LogP contribution in [0.15, 0.2) is 11.0 Å². The van der Waals surface area contributed by atoms with E-state index in [4.69, 9.17) is 10.8 Å². The van der Waals surface area contributed by atoms with Gasteiger partial charge in [-0.25, -0.2) is 4.98 Å². The number of hydrogen-bond acceptors (Lipinski definition) is 4. The second-order valence-corrected chi connectivity index (χ2v) is 1.48. The molecule has 1 aromatic heterocycles. The first-order valence-electron chi connectivity index (χ1n) is 2.24. The predicted molar refractivity (Wildman–Crippen MR) is 30.9 cm³/mol. The van der Waals surface area contributed by atoms with Crippen LogP contribution in [0.25, 0.3) is 0 Å². The second kappa shape index (κ2) is 1.77. The zero-order valence-corrected chi connectivity index (χ0v) is 4.46. The zero-order chi connectivity index (χ0) is 6.85. The fourth-order valence-corrected chi connectivity index (χ4v) is 0.402. The lowest BCUT2D eigenvalue weighted by Crippen LogP contribution is -2.08. The molecule has 0 unspecified atom stereocenters. The van der Waals surface area contributed by atoms with Gasteiger partial charge in [-0.15, -0.1) is 0 Å². The van der Waals surface area contributed by atoms with Crippen LogP contribution >= 0.6 is 0 Å². The van der Waals surface area contributed by atoms with Gasteiger partial charge in [0, 0.05) is 0 Å². The Bertz CT molecular complexity index is 267. The van der Waals surface area contributed by atoms with Crippen LogP contribution in [0.1, 0.15) is 0 Å². The Morgan fingerprint density at radius 3 is 2.89 bits per heavy atom. The molecule has 0 atom stereocenters. The van der Waals surface area contributed by atoms with Crippen molar-refractivity contribution in [3.63, 3.8) is 0 Å². The second-order valence-electron chi connectivity index (χ2n) is 1.48. The lowest BCUT2D eigenvalue weighted by molar-refractivity contribution is 0.464. The summed E-state index contributed by atoms with van der Waals surface area (Å²) in [5, 5.41) is 8.58. The molecule has 0 saturated heterocycles. The van der Waals surface area contributed by atoms with Crippen molar-refractivity contribution in [2.75, 3.05) is 5.73 Å². The average Bonchev–Trinajstić information content (AvgIpc) is 1.80. The largest absolute Gasteiger partial charge is 0.502 e. The fraction of sp³-hybridized carbons (Fsp3) is 0. The quantitative estimate of drug-likeness (QED) is 0.419. The first-order chi connectivity index (χ1) is 4.20. The molecule has 0 aromatic carbocycles. The minimum Gasteiger partial charge on any atom is -0.502 e. The van der Waals surface area contributed by atoms with E-state index in [1.165, 1.54) is 0 Å². The van der Waals surface area contributed by atoms with Crippen molar-refractivity contribution in [3.05, 3.63) is 16.6 Å². The van der Waals surface area contributed by atoms with E-state index >= 15 is 0 Å². The lowest BCUT2D eigenvalue weighted by atomic mass is 10.6. The average molecular weight is 127 g/mol. The van der Waals surface area contributed by atoms with Gasteiger partial charge in [-0.2, -0.15) is 0 Å². The number of nitrogens with one attached hydrogen (secondary N) is 1. The van der Waals surface area contributed by atoms with Crippen LogP contribution in [0.2, 0.25) is 0 Å². The first-order valence-corrected chi connectivity index (χ1v) is 2.24. The van der Waals surface area contributed by atoms with Gasteiger partial charge in [0.2, 0.25) is 0 Å². The van der Waals surface area contributed by atoms with E-state index in [1.807, 2.05) is 0 Å². The SMILES string of the molecule is Nc1ncc(O)c(=O)[nH]1. The maximum Gasteiger partial charge on any atom is 0.294 e. The summed E-state index contributed by atoms with van der Waals surface area (Å²) in [5.74, 6) is -0.429. The normalized spacial score (nSPS) is 9.33. The topological polar surface area (TPSA) is 92.0 Å². The number of aromatic hydroxyl groups is 1. The van der Waals surface area contributed by atoms with E-state index in [0.717, 1.165) is 6.20 Å². The summed E-state index contributed by atoms with van der Waals surface area (Å²) in [6, 6.07) is 0. The molecule has 1 aromatic rings. The van der Waals surface area contributed by atoms with Crippen molar-refractivity contribution in [1.29, 1.82) is 0 Å². The van der Waals surface area contributed by atoms with Crippen molar-refractivity contribution >= 4 is 5.95 Å². The third-order valence-corrected chi connectivity index (χ3v) is 0.800. The highest BCUT2D eigenvalue weighted by molar-refractivity contribution is 5.19. The van der Waals surface area contributed by atoms with E-state index in [0.29, 0.717) is 0 Å². The van der Waals surface area contributed by atoms with Gasteiger partial charge in [0.25, 0.3) is 5.56 Å². The van der Waals surface area contributed by atoms with Crippen LogP contribution in [0.5, 0.6) is 5.75 Å². The van der Waals surface area contributed by atoms with Crippen LogP contribution in [-0.4, -0.2) is 15.1 Å². The molecular weight excluding hydrogens is 122 g/mol. The monoisotopic (exact) mass is 127 g/mol. The first kappa shape index (κ1) is 5.61. The molecule has 9 heavy (non-hydrogen) atoms. The van der Waals surface area contributed by atoms with Crippen molar-refractivity contribution in [2.24, 2.45) is 0 Å². The molecule has 1 rings (SSSR count). The Morgan fingerprint density at radius 2 is 2.44 bits per heavy atom. The molecule has 0 fully saturated rings. The maximum absolute atomic E-state index is 10.4. The van der Waals surface area contributed by atoms with Gasteiger partial charge in [-0.1, -0.05) is 0 Å². The Balaban J connectivity index is 3.34. The predicted octanol–water partition coefficient (Wildman–Crippen LogP) is -0.942. The number of hydrogen-bond donors (Lipinski definition) is 3. The maximum atomic E-state index is 10.4. The summed E-state index contributed by atoms with van der Waals surface area (Å²) < 4.78 is 0. The highest BCUT2D eigenvalue weighted by Gasteiger charge is 1.93. The fourth-order valence-electron chi connectivity index (χ4n) is 0.402. The molecule has 1 heterocycles. The molecule has 0 amide bonds. The van der Waals surface area contributed by atoms with Gasteiger partial charge in [-0.3, -0.25) is 9.78 Å². The number of nitrogens with two attached hydrogens (primary N) is 1. The summed E-state index contributed by atoms with van der Waals surface area (Å²) >= 11 is 0. The molecule has 5 heteroatoms. The number of rotatable bonds is 0. The molecule has 0 radical (unpaired) electrons. The third kappa shape index (κ3) is 0.987. The van der Waals surface area contributed by atoms with Crippen LogP contribution < -0.4 is 11.3 Å². The van der Waals surface area contributed by atoms with Gasteiger partial charge in [0.05, 0.1) is 6.20 Å². The molecule has 0 spiro atoms. The van der Waals surface area contributed by atoms with Crippen molar-refractivity contribution < 1.29 is 5.11 Å². The highest BCUT2D eigenvalue weighted by atomic mass is 16.3. The van der Waals surface area contributed by atoms with Crippen LogP contribution in [0.4, 0.5) is 5.95 Å². The van der Waals surface area contributed by atoms with E-state index in [2.05, 4.69) is 9.97 Å². The third-order valence-electron chi connectivity index (χ3n) is 0.800. The van der Waals surface area contributed by atoms with E-state index in [1.54, 1.807) is 0 Å². The summed E-state index contributed by atoms with van der Waals surface area (Å²) in [4.78, 5) is 15.9. The van der Waals surface area contributed by atoms with Gasteiger partial charge in [0.15, 0.2) is 11.7 Å². The Kier molecular flexibility index (Phi) is 1.11. The molecule has 0 saturated carbocycles. The van der Waals surface area contributed by atoms with E-state index in [9.17, 15) is 4.79 Å². The molecule has 0 bridgehead atoms. The van der Waals surface area contributed by atoms with Gasteiger partial charge in [-0.05, 0) is 0 Å². The van der Waals surface area contributed by atoms with Crippen molar-refractivity contribution in [2.45, 2.75) is 0 Å². The van der Waals surface area contributed by atoms with Crippen LogP contribution in [0, 0.1) is 0 Å². The Morgan fingerprint density at radius 1 is 1.78 bits per heavy atom. The van der Waals surface area contributed by atoms with Gasteiger partial charge >= 0.3 is 0 Å². The molecule has 48 valence electrons. The molecule has 4 N–H and O–H groups in total. The number of H-pyrrole nitrogens is 1. The van der Waals surface area contributed by atoms with Gasteiger partial charge in [0.1, 0.15) is 0 Å². The summed E-state index contributed by atoms with van der Waals surface area (Å²) in [5.41, 5.74) is 4.43. The molecule has 0 aliphatic carbocycles. The zero-order valence-electron chi connectivity index (χ0n) is 4.46. The van der Waals surface area contributed by atoms with Crippen LogP contribution in [-0.2, 0) is 0 Å². The van der Waals surface area contributed by atoms with E-state index < -0.39 is 11.3 Å². The highest BCUT2D eigenvalue weighted by Crippen LogP contribution is 1.93. The molecule has 0 aliphatic rings. The minimum atomic E-state index is -0.623. The Hall–Kier alpha value is -1.52. The Labute approximate surface area is 50.2 Å². The summed E-state index contributed by atoms with van der Waals surface area (Å²) in [6.07, 6.45) is 0.994. The number of aromatic nitrogens is 2. The molecule has 5 nitrogen and oxygen atoms in total. The summed E-state index contributed by atoms with van der Waals surface area (Å²) in [7, 11) is 0. The standard InChI is InChI=1S/C4H5N3O2/c5-4-6-1-2(8)3(9)7-4/h1,8H,(H3,5,6,7,9). The minimum absolute atomic E-state index is 0.00204. The number of nitrogens with zero attached hydrogens (tertiary/aromatic N) is 1.